The Bertz CT molecular complexity index is 839. The van der Waals surface area contributed by atoms with Crippen molar-refractivity contribution in [3.05, 3.63) is 35.2 Å². The van der Waals surface area contributed by atoms with Gasteiger partial charge in [-0.1, -0.05) is 6.07 Å². The lowest BCUT2D eigenvalue weighted by molar-refractivity contribution is -0.119. The van der Waals surface area contributed by atoms with Crippen molar-refractivity contribution < 1.29 is 9.59 Å². The second-order valence-electron chi connectivity index (χ2n) is 6.96. The maximum absolute atomic E-state index is 12.4. The highest BCUT2D eigenvalue weighted by Crippen LogP contribution is 2.37. The van der Waals surface area contributed by atoms with E-state index in [-0.39, 0.29) is 11.8 Å². The van der Waals surface area contributed by atoms with Gasteiger partial charge in [-0.15, -0.1) is 0 Å². The fourth-order valence-electron chi connectivity index (χ4n) is 2.87. The average Bonchev–Trinajstić information content (AvgIpc) is 3.19. The molecule has 0 radical (unpaired) electrons. The standard InChI is InChI=1S/C17H18N4O2S/c1-17(2)11-6-5-10(8-12(11)18-15(17)23)14(22)20-16-19-13(21-24-16)7-9-3-4-9/h5-6,8-9H,3-4,7H2,1-2H3,(H,18,23)(H,19,20,21,22). The van der Waals surface area contributed by atoms with Gasteiger partial charge in [-0.25, -0.2) is 4.98 Å². The third-order valence-corrected chi connectivity index (χ3v) is 5.30. The monoisotopic (exact) mass is 342 g/mol. The molecule has 1 aliphatic heterocycles. The summed E-state index contributed by atoms with van der Waals surface area (Å²) in [5.74, 6) is 1.22. The second-order valence-corrected chi connectivity index (χ2v) is 7.71. The van der Waals surface area contributed by atoms with Gasteiger partial charge in [0.2, 0.25) is 11.0 Å². The molecule has 7 heteroatoms. The van der Waals surface area contributed by atoms with Gasteiger partial charge >= 0.3 is 0 Å². The Morgan fingerprint density at radius 1 is 1.42 bits per heavy atom. The van der Waals surface area contributed by atoms with Crippen molar-refractivity contribution in [3.63, 3.8) is 0 Å². The molecule has 0 spiro atoms. The Labute approximate surface area is 143 Å². The largest absolute Gasteiger partial charge is 0.325 e. The van der Waals surface area contributed by atoms with Gasteiger partial charge in [0.15, 0.2) is 0 Å². The Hall–Kier alpha value is -2.28. The summed E-state index contributed by atoms with van der Waals surface area (Å²) in [6.07, 6.45) is 3.39. The van der Waals surface area contributed by atoms with Crippen LogP contribution in [0.1, 0.15) is 48.4 Å². The number of carbonyl (C=O) groups is 2. The number of carbonyl (C=O) groups excluding carboxylic acids is 2. The van der Waals surface area contributed by atoms with Crippen LogP contribution in [0.3, 0.4) is 0 Å². The van der Waals surface area contributed by atoms with E-state index in [0.29, 0.717) is 22.3 Å². The minimum absolute atomic E-state index is 0.0519. The number of aromatic nitrogens is 2. The van der Waals surface area contributed by atoms with E-state index >= 15 is 0 Å². The van der Waals surface area contributed by atoms with Gasteiger partial charge in [0, 0.05) is 29.2 Å². The molecule has 6 nitrogen and oxygen atoms in total. The predicted molar refractivity (Wildman–Crippen MR) is 92.4 cm³/mol. The summed E-state index contributed by atoms with van der Waals surface area (Å²) in [5, 5.41) is 6.14. The topological polar surface area (TPSA) is 84.0 Å². The summed E-state index contributed by atoms with van der Waals surface area (Å²) >= 11 is 1.21. The number of fused-ring (bicyclic) bond motifs is 1. The van der Waals surface area contributed by atoms with Gasteiger partial charge in [0.05, 0.1) is 5.41 Å². The average molecular weight is 342 g/mol. The number of benzene rings is 1. The van der Waals surface area contributed by atoms with E-state index in [4.69, 9.17) is 0 Å². The van der Waals surface area contributed by atoms with Crippen molar-refractivity contribution in [2.24, 2.45) is 5.92 Å². The summed E-state index contributed by atoms with van der Waals surface area (Å²) < 4.78 is 4.29. The van der Waals surface area contributed by atoms with Crippen LogP contribution in [-0.4, -0.2) is 21.2 Å². The normalized spacial score (nSPS) is 18.2. The van der Waals surface area contributed by atoms with Gasteiger partial charge in [-0.2, -0.15) is 4.37 Å². The molecule has 0 unspecified atom stereocenters. The van der Waals surface area contributed by atoms with Crippen LogP contribution in [0, 0.1) is 5.92 Å². The number of hydrogen-bond donors (Lipinski definition) is 2. The number of amides is 2. The van der Waals surface area contributed by atoms with E-state index < -0.39 is 5.41 Å². The molecule has 2 heterocycles. The lowest BCUT2D eigenvalue weighted by atomic mass is 9.86. The van der Waals surface area contributed by atoms with Gasteiger partial charge < -0.3 is 5.32 Å². The predicted octanol–water partition coefficient (Wildman–Crippen LogP) is 2.97. The van der Waals surface area contributed by atoms with Crippen molar-refractivity contribution in [1.29, 1.82) is 0 Å². The second kappa shape index (κ2) is 5.37. The van der Waals surface area contributed by atoms with Crippen LogP contribution < -0.4 is 10.6 Å². The van der Waals surface area contributed by atoms with Crippen LogP contribution >= 0.6 is 11.5 Å². The van der Waals surface area contributed by atoms with E-state index in [9.17, 15) is 9.59 Å². The molecule has 4 rings (SSSR count). The lowest BCUT2D eigenvalue weighted by Gasteiger charge is -2.14. The highest BCUT2D eigenvalue weighted by Gasteiger charge is 2.38. The zero-order valence-electron chi connectivity index (χ0n) is 13.5. The van der Waals surface area contributed by atoms with Gasteiger partial charge in [0.1, 0.15) is 5.82 Å². The molecular weight excluding hydrogens is 324 g/mol. The molecule has 1 saturated carbocycles. The minimum atomic E-state index is -0.568. The Balaban J connectivity index is 1.50. The fraction of sp³-hybridized carbons (Fsp3) is 0.412. The Morgan fingerprint density at radius 2 is 2.21 bits per heavy atom. The SMILES string of the molecule is CC1(C)C(=O)Nc2cc(C(=O)Nc3nc(CC4CC4)ns3)ccc21. The van der Waals surface area contributed by atoms with Crippen LogP contribution in [0.4, 0.5) is 10.8 Å². The molecule has 1 fully saturated rings. The zero-order valence-corrected chi connectivity index (χ0v) is 14.4. The van der Waals surface area contributed by atoms with E-state index in [1.807, 2.05) is 19.9 Å². The van der Waals surface area contributed by atoms with Crippen LogP contribution in [0.2, 0.25) is 0 Å². The number of hydrogen-bond acceptors (Lipinski definition) is 5. The molecule has 2 aliphatic rings. The maximum atomic E-state index is 12.4. The summed E-state index contributed by atoms with van der Waals surface area (Å²) in [6.45, 7) is 3.74. The summed E-state index contributed by atoms with van der Waals surface area (Å²) in [6, 6.07) is 5.28. The molecular formula is C17H18N4O2S. The maximum Gasteiger partial charge on any atom is 0.257 e. The van der Waals surface area contributed by atoms with Crippen LogP contribution in [0.5, 0.6) is 0 Å². The number of anilines is 2. The molecule has 2 aromatic rings. The molecule has 1 aromatic heterocycles. The van der Waals surface area contributed by atoms with E-state index in [1.165, 1.54) is 24.4 Å². The number of rotatable bonds is 4. The highest BCUT2D eigenvalue weighted by molar-refractivity contribution is 7.09. The molecule has 0 saturated heterocycles. The van der Waals surface area contributed by atoms with Crippen LogP contribution in [-0.2, 0) is 16.6 Å². The molecule has 1 aliphatic carbocycles. The number of nitrogens with one attached hydrogen (secondary N) is 2. The first kappa shape index (κ1) is 15.3. The first-order chi connectivity index (χ1) is 11.4. The quantitative estimate of drug-likeness (QED) is 0.895. The third kappa shape index (κ3) is 2.69. The van der Waals surface area contributed by atoms with Crippen molar-refractivity contribution in [1.82, 2.24) is 9.36 Å². The van der Waals surface area contributed by atoms with E-state index in [2.05, 4.69) is 20.0 Å². The zero-order chi connectivity index (χ0) is 16.9. The molecule has 0 bridgehead atoms. The molecule has 2 amide bonds. The van der Waals surface area contributed by atoms with Gasteiger partial charge in [0.25, 0.3) is 5.91 Å². The molecule has 0 atom stereocenters. The van der Waals surface area contributed by atoms with Crippen LogP contribution in [0.15, 0.2) is 18.2 Å². The molecule has 2 N–H and O–H groups in total. The van der Waals surface area contributed by atoms with Gasteiger partial charge in [-0.3, -0.25) is 14.9 Å². The summed E-state index contributed by atoms with van der Waals surface area (Å²) in [5.41, 5.74) is 1.53. The molecule has 24 heavy (non-hydrogen) atoms. The Kier molecular flexibility index (Phi) is 3.42. The first-order valence-electron chi connectivity index (χ1n) is 8.03. The third-order valence-electron chi connectivity index (χ3n) is 4.63. The Morgan fingerprint density at radius 3 is 2.96 bits per heavy atom. The summed E-state index contributed by atoms with van der Waals surface area (Å²) in [7, 11) is 0. The van der Waals surface area contributed by atoms with Crippen molar-refractivity contribution in [2.45, 2.75) is 38.5 Å². The lowest BCUT2D eigenvalue weighted by Crippen LogP contribution is -2.26. The minimum Gasteiger partial charge on any atom is -0.325 e. The van der Waals surface area contributed by atoms with Crippen molar-refractivity contribution in [3.8, 4) is 0 Å². The van der Waals surface area contributed by atoms with Crippen molar-refractivity contribution >= 4 is 34.2 Å². The molecule has 1 aromatic carbocycles. The fourth-order valence-corrected chi connectivity index (χ4v) is 3.46. The van der Waals surface area contributed by atoms with Crippen molar-refractivity contribution in [2.75, 3.05) is 10.6 Å². The summed E-state index contributed by atoms with van der Waals surface area (Å²) in [4.78, 5) is 28.8. The van der Waals surface area contributed by atoms with E-state index in [1.54, 1.807) is 12.1 Å². The first-order valence-corrected chi connectivity index (χ1v) is 8.81. The van der Waals surface area contributed by atoms with Gasteiger partial charge in [-0.05, 0) is 50.3 Å². The van der Waals surface area contributed by atoms with Crippen LogP contribution in [0.25, 0.3) is 0 Å². The smallest absolute Gasteiger partial charge is 0.257 e. The van der Waals surface area contributed by atoms with E-state index in [0.717, 1.165) is 17.8 Å². The highest BCUT2D eigenvalue weighted by atomic mass is 32.1. The number of nitrogens with zero attached hydrogens (tertiary/aromatic N) is 2. The molecule has 124 valence electrons.